The average Bonchev–Trinajstić information content (AvgIpc) is 2.69. The second-order valence-electron chi connectivity index (χ2n) is 5.54. The SMILES string of the molecule is CSc1cccc(Nc2cc(-c3ccccn3)nc(NCCCO)n2)c1. The molecule has 0 amide bonds. The van der Waals surface area contributed by atoms with Crippen molar-refractivity contribution in [3.05, 3.63) is 54.7 Å². The van der Waals surface area contributed by atoms with Gasteiger partial charge >= 0.3 is 0 Å². The Hall–Kier alpha value is -2.64. The van der Waals surface area contributed by atoms with Gasteiger partial charge in [-0.25, -0.2) is 4.98 Å². The molecule has 0 fully saturated rings. The number of aromatic nitrogens is 3. The third kappa shape index (κ3) is 4.93. The number of hydrogen-bond donors (Lipinski definition) is 3. The van der Waals surface area contributed by atoms with Crippen molar-refractivity contribution < 1.29 is 5.11 Å². The van der Waals surface area contributed by atoms with Crippen LogP contribution < -0.4 is 10.6 Å². The Bertz CT molecular complexity index is 844. The maximum absolute atomic E-state index is 8.97. The van der Waals surface area contributed by atoms with Crippen LogP contribution in [0.4, 0.5) is 17.5 Å². The number of nitrogens with one attached hydrogen (secondary N) is 2. The summed E-state index contributed by atoms with van der Waals surface area (Å²) < 4.78 is 0. The van der Waals surface area contributed by atoms with Crippen molar-refractivity contribution in [2.45, 2.75) is 11.3 Å². The fraction of sp³-hybridized carbons (Fsp3) is 0.211. The lowest BCUT2D eigenvalue weighted by atomic mass is 10.2. The highest BCUT2D eigenvalue weighted by atomic mass is 32.2. The molecule has 3 N–H and O–H groups in total. The Kier molecular flexibility index (Phi) is 6.40. The predicted octanol–water partition coefficient (Wildman–Crippen LogP) is 3.80. The quantitative estimate of drug-likeness (QED) is 0.412. The van der Waals surface area contributed by atoms with Crippen LogP contribution in [-0.4, -0.2) is 39.5 Å². The molecule has 0 spiro atoms. The maximum Gasteiger partial charge on any atom is 0.225 e. The van der Waals surface area contributed by atoms with E-state index in [4.69, 9.17) is 5.11 Å². The minimum Gasteiger partial charge on any atom is -0.396 e. The van der Waals surface area contributed by atoms with Gasteiger partial charge in [-0.05, 0) is 43.0 Å². The highest BCUT2D eigenvalue weighted by Gasteiger charge is 2.08. The zero-order valence-electron chi connectivity index (χ0n) is 14.5. The van der Waals surface area contributed by atoms with Crippen LogP contribution in [0.5, 0.6) is 0 Å². The van der Waals surface area contributed by atoms with E-state index in [0.717, 1.165) is 17.1 Å². The third-order valence-electron chi connectivity index (χ3n) is 3.61. The molecule has 0 radical (unpaired) electrons. The maximum atomic E-state index is 8.97. The van der Waals surface area contributed by atoms with Crippen LogP contribution >= 0.6 is 11.8 Å². The first-order valence-electron chi connectivity index (χ1n) is 8.35. The summed E-state index contributed by atoms with van der Waals surface area (Å²) in [5.74, 6) is 1.19. The van der Waals surface area contributed by atoms with Crippen molar-refractivity contribution in [1.29, 1.82) is 0 Å². The third-order valence-corrected chi connectivity index (χ3v) is 4.34. The minimum absolute atomic E-state index is 0.125. The van der Waals surface area contributed by atoms with Crippen LogP contribution in [0.3, 0.4) is 0 Å². The van der Waals surface area contributed by atoms with Gasteiger partial charge < -0.3 is 15.7 Å². The molecule has 0 atom stereocenters. The average molecular weight is 367 g/mol. The Morgan fingerprint density at radius 2 is 1.96 bits per heavy atom. The summed E-state index contributed by atoms with van der Waals surface area (Å²) in [6.07, 6.45) is 4.42. The number of pyridine rings is 1. The first-order chi connectivity index (χ1) is 12.8. The fourth-order valence-electron chi connectivity index (χ4n) is 2.36. The molecule has 134 valence electrons. The smallest absolute Gasteiger partial charge is 0.225 e. The van der Waals surface area contributed by atoms with Crippen LogP contribution in [0.1, 0.15) is 6.42 Å². The van der Waals surface area contributed by atoms with Crippen LogP contribution in [0, 0.1) is 0 Å². The molecule has 2 aromatic heterocycles. The summed E-state index contributed by atoms with van der Waals surface area (Å²) >= 11 is 1.69. The van der Waals surface area contributed by atoms with Gasteiger partial charge in [0.25, 0.3) is 0 Å². The van der Waals surface area contributed by atoms with Crippen LogP contribution in [-0.2, 0) is 0 Å². The summed E-state index contributed by atoms with van der Waals surface area (Å²) in [5, 5.41) is 15.5. The van der Waals surface area contributed by atoms with Crippen molar-refractivity contribution >= 4 is 29.2 Å². The Morgan fingerprint density at radius 1 is 1.04 bits per heavy atom. The van der Waals surface area contributed by atoms with E-state index in [2.05, 4.69) is 37.7 Å². The van der Waals surface area contributed by atoms with Gasteiger partial charge in [0, 0.05) is 36.0 Å². The van der Waals surface area contributed by atoms with Gasteiger partial charge in [0.2, 0.25) is 5.95 Å². The highest BCUT2D eigenvalue weighted by Crippen LogP contribution is 2.24. The molecular formula is C19H21N5OS. The van der Waals surface area contributed by atoms with Crippen molar-refractivity contribution in [1.82, 2.24) is 15.0 Å². The summed E-state index contributed by atoms with van der Waals surface area (Å²) in [5.41, 5.74) is 2.47. The summed E-state index contributed by atoms with van der Waals surface area (Å²) in [4.78, 5) is 14.6. The molecule has 0 saturated heterocycles. The molecule has 26 heavy (non-hydrogen) atoms. The molecule has 0 saturated carbocycles. The lowest BCUT2D eigenvalue weighted by Crippen LogP contribution is -2.09. The predicted molar refractivity (Wildman–Crippen MR) is 107 cm³/mol. The Balaban J connectivity index is 1.90. The Labute approximate surface area is 157 Å². The minimum atomic E-state index is 0.125. The molecule has 3 rings (SSSR count). The molecule has 0 aliphatic heterocycles. The number of thioether (sulfide) groups is 1. The normalized spacial score (nSPS) is 10.5. The number of aliphatic hydroxyl groups excluding tert-OH is 1. The molecular weight excluding hydrogens is 346 g/mol. The van der Waals surface area contributed by atoms with Crippen molar-refractivity contribution in [2.75, 3.05) is 30.0 Å². The van der Waals surface area contributed by atoms with Gasteiger partial charge in [-0.2, -0.15) is 4.98 Å². The van der Waals surface area contributed by atoms with Gasteiger partial charge in [0.05, 0.1) is 11.4 Å². The molecule has 0 aliphatic rings. The second-order valence-corrected chi connectivity index (χ2v) is 6.42. The van der Waals surface area contributed by atoms with Crippen molar-refractivity contribution in [3.63, 3.8) is 0 Å². The van der Waals surface area contributed by atoms with E-state index in [-0.39, 0.29) is 6.61 Å². The summed E-state index contributed by atoms with van der Waals surface area (Å²) in [6, 6.07) is 15.7. The lowest BCUT2D eigenvalue weighted by molar-refractivity contribution is 0.292. The molecule has 0 unspecified atom stereocenters. The van der Waals surface area contributed by atoms with Gasteiger partial charge in [-0.1, -0.05) is 12.1 Å². The molecule has 2 heterocycles. The van der Waals surface area contributed by atoms with E-state index in [9.17, 15) is 0 Å². The molecule has 0 bridgehead atoms. The molecule has 6 nitrogen and oxygen atoms in total. The zero-order chi connectivity index (χ0) is 18.2. The number of nitrogens with zero attached hydrogens (tertiary/aromatic N) is 3. The number of rotatable bonds is 8. The van der Waals surface area contributed by atoms with Gasteiger partial charge in [-0.3, -0.25) is 4.98 Å². The van der Waals surface area contributed by atoms with Crippen molar-refractivity contribution in [3.8, 4) is 11.4 Å². The van der Waals surface area contributed by atoms with Crippen LogP contribution in [0.2, 0.25) is 0 Å². The first kappa shape index (κ1) is 18.2. The van der Waals surface area contributed by atoms with E-state index in [1.54, 1.807) is 18.0 Å². The number of hydrogen-bond acceptors (Lipinski definition) is 7. The van der Waals surface area contributed by atoms with E-state index in [1.165, 1.54) is 4.90 Å². The van der Waals surface area contributed by atoms with E-state index < -0.39 is 0 Å². The Morgan fingerprint density at radius 3 is 2.73 bits per heavy atom. The summed E-state index contributed by atoms with van der Waals surface area (Å²) in [7, 11) is 0. The van der Waals surface area contributed by atoms with Crippen LogP contribution in [0.25, 0.3) is 11.4 Å². The van der Waals surface area contributed by atoms with E-state index in [0.29, 0.717) is 24.7 Å². The largest absolute Gasteiger partial charge is 0.396 e. The molecule has 0 aliphatic carbocycles. The number of benzene rings is 1. The molecule has 7 heteroatoms. The second kappa shape index (κ2) is 9.17. The molecule has 3 aromatic rings. The van der Waals surface area contributed by atoms with Crippen molar-refractivity contribution in [2.24, 2.45) is 0 Å². The van der Waals surface area contributed by atoms with Gasteiger partial charge in [0.15, 0.2) is 0 Å². The van der Waals surface area contributed by atoms with Gasteiger partial charge in [-0.15, -0.1) is 11.8 Å². The van der Waals surface area contributed by atoms with E-state index >= 15 is 0 Å². The number of anilines is 3. The van der Waals surface area contributed by atoms with Gasteiger partial charge in [0.1, 0.15) is 5.82 Å². The highest BCUT2D eigenvalue weighted by molar-refractivity contribution is 7.98. The summed E-state index contributed by atoms with van der Waals surface area (Å²) in [6.45, 7) is 0.725. The monoisotopic (exact) mass is 367 g/mol. The van der Waals surface area contributed by atoms with Crippen LogP contribution in [0.15, 0.2) is 59.6 Å². The fourth-order valence-corrected chi connectivity index (χ4v) is 2.82. The number of aliphatic hydroxyl groups is 1. The lowest BCUT2D eigenvalue weighted by Gasteiger charge is -2.11. The topological polar surface area (TPSA) is 83.0 Å². The van der Waals surface area contributed by atoms with E-state index in [1.807, 2.05) is 42.7 Å². The standard InChI is InChI=1S/C19H21N5OS/c1-26-15-7-4-6-14(12-15)22-18-13-17(16-8-2-3-9-20-16)23-19(24-18)21-10-5-11-25/h2-4,6-9,12-13,25H,5,10-11H2,1H3,(H2,21,22,23,24). The zero-order valence-corrected chi connectivity index (χ0v) is 15.3. The molecule has 1 aromatic carbocycles. The first-order valence-corrected chi connectivity index (χ1v) is 9.57.